The summed E-state index contributed by atoms with van der Waals surface area (Å²) in [5.41, 5.74) is 0.186. The van der Waals surface area contributed by atoms with Crippen molar-refractivity contribution in [1.29, 1.82) is 0 Å². The van der Waals surface area contributed by atoms with E-state index in [4.69, 9.17) is 0 Å². The molecule has 0 amide bonds. The Kier molecular flexibility index (Phi) is 5.76. The maximum absolute atomic E-state index is 11.7. The number of hydrogen-bond acceptors (Lipinski definition) is 7. The Morgan fingerprint density at radius 2 is 2.00 bits per heavy atom. The third-order valence-electron chi connectivity index (χ3n) is 2.47. The highest BCUT2D eigenvalue weighted by Gasteiger charge is 2.19. The fourth-order valence-corrected chi connectivity index (χ4v) is 2.55. The van der Waals surface area contributed by atoms with E-state index in [0.29, 0.717) is 5.56 Å². The Morgan fingerprint density at radius 1 is 1.43 bits per heavy atom. The molecule has 0 aromatic heterocycles. The second-order valence-corrected chi connectivity index (χ2v) is 5.88. The SMILES string of the molecule is COC(=O)C(O)CNS(=O)(=O)Cc1ccc([N+](=O)[O-])cc1. The number of non-ortho nitro benzene ring substituents is 1. The van der Waals surface area contributed by atoms with Crippen molar-refractivity contribution >= 4 is 21.7 Å². The summed E-state index contributed by atoms with van der Waals surface area (Å²) in [7, 11) is -2.73. The number of nitro groups is 1. The molecule has 1 rings (SSSR count). The zero-order valence-corrected chi connectivity index (χ0v) is 11.9. The number of esters is 1. The molecular weight excluding hydrogens is 304 g/mol. The van der Waals surface area contributed by atoms with E-state index in [1.807, 2.05) is 4.72 Å². The molecule has 0 saturated carbocycles. The van der Waals surface area contributed by atoms with Crippen molar-refractivity contribution in [3.8, 4) is 0 Å². The number of benzene rings is 1. The molecule has 0 aliphatic heterocycles. The number of aliphatic hydroxyl groups excluding tert-OH is 1. The molecule has 1 unspecified atom stereocenters. The van der Waals surface area contributed by atoms with Crippen LogP contribution in [0.25, 0.3) is 0 Å². The number of hydrogen-bond donors (Lipinski definition) is 2. The van der Waals surface area contributed by atoms with Crippen LogP contribution in [0.15, 0.2) is 24.3 Å². The molecule has 10 heteroatoms. The number of carbonyl (C=O) groups is 1. The first-order chi connectivity index (χ1) is 9.75. The largest absolute Gasteiger partial charge is 0.467 e. The second kappa shape index (κ2) is 7.11. The van der Waals surface area contributed by atoms with Gasteiger partial charge in [0.25, 0.3) is 5.69 Å². The molecule has 0 heterocycles. The summed E-state index contributed by atoms with van der Waals surface area (Å²) in [4.78, 5) is 20.8. The van der Waals surface area contributed by atoms with Crippen molar-refractivity contribution in [3.05, 3.63) is 39.9 Å². The molecule has 1 aromatic rings. The molecule has 116 valence electrons. The number of methoxy groups -OCH3 is 1. The Labute approximate surface area is 120 Å². The molecule has 2 N–H and O–H groups in total. The molecule has 0 bridgehead atoms. The zero-order valence-electron chi connectivity index (χ0n) is 11.1. The van der Waals surface area contributed by atoms with Crippen molar-refractivity contribution in [2.24, 2.45) is 0 Å². The van der Waals surface area contributed by atoms with Crippen molar-refractivity contribution in [2.75, 3.05) is 13.7 Å². The standard InChI is InChI=1S/C11H14N2O7S/c1-20-11(15)10(14)6-12-21(18,19)7-8-2-4-9(5-3-8)13(16)17/h2-5,10,12,14H,6-7H2,1H3. The van der Waals surface area contributed by atoms with Gasteiger partial charge in [-0.2, -0.15) is 0 Å². The lowest BCUT2D eigenvalue weighted by Gasteiger charge is -2.10. The number of nitro benzene ring substituents is 1. The van der Waals surface area contributed by atoms with Crippen LogP contribution >= 0.6 is 0 Å². The highest BCUT2D eigenvalue weighted by molar-refractivity contribution is 7.88. The minimum absolute atomic E-state index is 0.148. The fourth-order valence-electron chi connectivity index (χ4n) is 1.41. The number of sulfonamides is 1. The predicted octanol–water partition coefficient (Wildman–Crippen LogP) is -0.452. The Bertz CT molecular complexity index is 612. The van der Waals surface area contributed by atoms with Crippen LogP contribution in [0.4, 0.5) is 5.69 Å². The van der Waals surface area contributed by atoms with E-state index in [1.165, 1.54) is 24.3 Å². The quantitative estimate of drug-likeness (QED) is 0.394. The molecule has 0 fully saturated rings. The normalized spacial score (nSPS) is 12.7. The van der Waals surface area contributed by atoms with Gasteiger partial charge >= 0.3 is 5.97 Å². The van der Waals surface area contributed by atoms with Crippen LogP contribution in [-0.4, -0.2) is 44.2 Å². The number of ether oxygens (including phenoxy) is 1. The lowest BCUT2D eigenvalue weighted by atomic mass is 10.2. The molecule has 0 radical (unpaired) electrons. The van der Waals surface area contributed by atoms with E-state index < -0.39 is 39.3 Å². The third kappa shape index (κ3) is 5.45. The first kappa shape index (κ1) is 17.0. The summed E-state index contributed by atoms with van der Waals surface area (Å²) < 4.78 is 29.7. The van der Waals surface area contributed by atoms with Gasteiger partial charge in [-0.05, 0) is 5.56 Å². The molecule has 1 aromatic carbocycles. The minimum atomic E-state index is -3.79. The van der Waals surface area contributed by atoms with Gasteiger partial charge in [0.2, 0.25) is 10.0 Å². The lowest BCUT2D eigenvalue weighted by molar-refractivity contribution is -0.384. The Morgan fingerprint density at radius 3 is 2.48 bits per heavy atom. The van der Waals surface area contributed by atoms with Crippen LogP contribution in [-0.2, 0) is 25.3 Å². The van der Waals surface area contributed by atoms with Gasteiger partial charge in [-0.1, -0.05) is 12.1 Å². The summed E-state index contributed by atoms with van der Waals surface area (Å²) in [5.74, 6) is -1.38. The number of nitrogens with zero attached hydrogens (tertiary/aromatic N) is 1. The number of rotatable bonds is 7. The first-order valence-corrected chi connectivity index (χ1v) is 7.37. The average molecular weight is 318 g/mol. The van der Waals surface area contributed by atoms with E-state index in [0.717, 1.165) is 7.11 Å². The van der Waals surface area contributed by atoms with Crippen LogP contribution in [0.3, 0.4) is 0 Å². The van der Waals surface area contributed by atoms with Crippen LogP contribution < -0.4 is 4.72 Å². The van der Waals surface area contributed by atoms with Crippen LogP contribution in [0.5, 0.6) is 0 Å². The van der Waals surface area contributed by atoms with Gasteiger partial charge < -0.3 is 9.84 Å². The van der Waals surface area contributed by atoms with Gasteiger partial charge in [0.05, 0.1) is 17.8 Å². The van der Waals surface area contributed by atoms with Gasteiger partial charge in [0, 0.05) is 18.7 Å². The maximum Gasteiger partial charge on any atom is 0.336 e. The molecule has 0 aliphatic rings. The lowest BCUT2D eigenvalue weighted by Crippen LogP contribution is -2.37. The molecule has 0 aliphatic carbocycles. The van der Waals surface area contributed by atoms with E-state index in [2.05, 4.69) is 4.74 Å². The predicted molar refractivity (Wildman–Crippen MR) is 71.7 cm³/mol. The maximum atomic E-state index is 11.7. The summed E-state index contributed by atoms with van der Waals surface area (Å²) in [6.45, 7) is -0.512. The summed E-state index contributed by atoms with van der Waals surface area (Å²) in [5, 5.41) is 19.7. The van der Waals surface area contributed by atoms with E-state index in [-0.39, 0.29) is 5.69 Å². The van der Waals surface area contributed by atoms with E-state index >= 15 is 0 Å². The molecule has 0 saturated heterocycles. The number of carbonyl (C=O) groups excluding carboxylic acids is 1. The average Bonchev–Trinajstić information content (AvgIpc) is 2.44. The minimum Gasteiger partial charge on any atom is -0.467 e. The topological polar surface area (TPSA) is 136 Å². The van der Waals surface area contributed by atoms with Crippen molar-refractivity contribution < 1.29 is 28.0 Å². The smallest absolute Gasteiger partial charge is 0.336 e. The van der Waals surface area contributed by atoms with Gasteiger partial charge in [-0.15, -0.1) is 0 Å². The number of aliphatic hydroxyl groups is 1. The van der Waals surface area contributed by atoms with Gasteiger partial charge in [-0.3, -0.25) is 10.1 Å². The summed E-state index contributed by atoms with van der Waals surface area (Å²) in [6, 6.07) is 5.00. The van der Waals surface area contributed by atoms with E-state index in [1.54, 1.807) is 0 Å². The van der Waals surface area contributed by atoms with Crippen molar-refractivity contribution in [3.63, 3.8) is 0 Å². The first-order valence-electron chi connectivity index (χ1n) is 5.71. The zero-order chi connectivity index (χ0) is 16.0. The highest BCUT2D eigenvalue weighted by Crippen LogP contribution is 2.13. The van der Waals surface area contributed by atoms with Gasteiger partial charge in [0.1, 0.15) is 0 Å². The summed E-state index contributed by atoms with van der Waals surface area (Å²) in [6.07, 6.45) is -1.60. The molecular formula is C11H14N2O7S. The van der Waals surface area contributed by atoms with Gasteiger partial charge in [0.15, 0.2) is 6.10 Å². The molecule has 21 heavy (non-hydrogen) atoms. The van der Waals surface area contributed by atoms with Crippen molar-refractivity contribution in [1.82, 2.24) is 4.72 Å². The molecule has 1 atom stereocenters. The van der Waals surface area contributed by atoms with E-state index in [9.17, 15) is 28.4 Å². The second-order valence-electron chi connectivity index (χ2n) is 4.07. The molecule has 9 nitrogen and oxygen atoms in total. The third-order valence-corrected chi connectivity index (χ3v) is 3.79. The van der Waals surface area contributed by atoms with Crippen LogP contribution in [0.2, 0.25) is 0 Å². The Balaban J connectivity index is 2.64. The van der Waals surface area contributed by atoms with Crippen molar-refractivity contribution in [2.45, 2.75) is 11.9 Å². The fraction of sp³-hybridized carbons (Fsp3) is 0.364. The molecule has 0 spiro atoms. The number of nitrogens with one attached hydrogen (secondary N) is 1. The van der Waals surface area contributed by atoms with Gasteiger partial charge in [-0.25, -0.2) is 17.9 Å². The Hall–Kier alpha value is -2.04. The van der Waals surface area contributed by atoms with Crippen LogP contribution in [0.1, 0.15) is 5.56 Å². The van der Waals surface area contributed by atoms with Crippen LogP contribution in [0, 0.1) is 10.1 Å². The highest BCUT2D eigenvalue weighted by atomic mass is 32.2. The summed E-state index contributed by atoms with van der Waals surface area (Å²) >= 11 is 0. The monoisotopic (exact) mass is 318 g/mol.